The molecule has 0 atom stereocenters. The largest absolute Gasteiger partial charge is 0.295 e. The summed E-state index contributed by atoms with van der Waals surface area (Å²) in [6.45, 7) is 3.68. The second kappa shape index (κ2) is 5.46. The van der Waals surface area contributed by atoms with Crippen molar-refractivity contribution in [2.75, 3.05) is 0 Å². The zero-order valence-corrected chi connectivity index (χ0v) is 10.7. The maximum atomic E-state index is 11.2. The van der Waals surface area contributed by atoms with Crippen molar-refractivity contribution in [2.24, 2.45) is 0 Å². The highest BCUT2D eigenvalue weighted by molar-refractivity contribution is 5.94. The predicted molar refractivity (Wildman–Crippen MR) is 76.6 cm³/mol. The zero-order valence-electron chi connectivity index (χ0n) is 10.7. The van der Waals surface area contributed by atoms with Crippen LogP contribution in [0.1, 0.15) is 34.0 Å². The van der Waals surface area contributed by atoms with E-state index in [1.165, 1.54) is 11.1 Å². The van der Waals surface area contributed by atoms with Crippen LogP contribution in [0.15, 0.2) is 48.5 Å². The highest BCUT2D eigenvalue weighted by Gasteiger charge is 1.97. The van der Waals surface area contributed by atoms with E-state index in [-0.39, 0.29) is 5.78 Å². The molecule has 90 valence electrons. The Kier molecular flexibility index (Phi) is 3.73. The third-order valence-electron chi connectivity index (χ3n) is 2.96. The molecule has 18 heavy (non-hydrogen) atoms. The van der Waals surface area contributed by atoms with Crippen LogP contribution in [0.4, 0.5) is 0 Å². The lowest BCUT2D eigenvalue weighted by Gasteiger charge is -1.99. The molecule has 2 aromatic rings. The molecule has 0 aromatic heterocycles. The minimum Gasteiger partial charge on any atom is -0.295 e. The van der Waals surface area contributed by atoms with Crippen LogP contribution in [-0.4, -0.2) is 5.78 Å². The number of hydrogen-bond acceptors (Lipinski definition) is 1. The second-order valence-electron chi connectivity index (χ2n) is 4.37. The van der Waals surface area contributed by atoms with Crippen LogP contribution in [-0.2, 0) is 0 Å². The molecule has 0 heterocycles. The van der Waals surface area contributed by atoms with Crippen molar-refractivity contribution < 1.29 is 4.79 Å². The van der Waals surface area contributed by atoms with Crippen LogP contribution < -0.4 is 0 Å². The Morgan fingerprint density at radius 3 is 2.22 bits per heavy atom. The highest BCUT2D eigenvalue weighted by atomic mass is 16.1. The van der Waals surface area contributed by atoms with Gasteiger partial charge in [-0.15, -0.1) is 0 Å². The SMILES string of the molecule is CC(=O)c1ccc(/C=C/c2ccccc2C)cc1. The number of carbonyl (C=O) groups is 1. The molecule has 0 aliphatic heterocycles. The van der Waals surface area contributed by atoms with Gasteiger partial charge in [-0.1, -0.05) is 60.7 Å². The molecular weight excluding hydrogens is 220 g/mol. The van der Waals surface area contributed by atoms with Crippen LogP contribution in [0.2, 0.25) is 0 Å². The van der Waals surface area contributed by atoms with E-state index < -0.39 is 0 Å². The van der Waals surface area contributed by atoms with Crippen LogP contribution >= 0.6 is 0 Å². The number of aryl methyl sites for hydroxylation is 1. The first kappa shape index (κ1) is 12.3. The lowest BCUT2D eigenvalue weighted by Crippen LogP contribution is -1.90. The summed E-state index contributed by atoms with van der Waals surface area (Å²) in [6.07, 6.45) is 4.16. The van der Waals surface area contributed by atoms with Gasteiger partial charge in [0, 0.05) is 5.56 Å². The van der Waals surface area contributed by atoms with E-state index in [1.807, 2.05) is 36.4 Å². The molecule has 0 bridgehead atoms. The topological polar surface area (TPSA) is 17.1 Å². The molecule has 0 radical (unpaired) electrons. The molecule has 0 unspecified atom stereocenters. The fourth-order valence-corrected chi connectivity index (χ4v) is 1.79. The Hall–Kier alpha value is -2.15. The summed E-state index contributed by atoms with van der Waals surface area (Å²) in [5.41, 5.74) is 4.33. The van der Waals surface area contributed by atoms with Crippen LogP contribution in [0.25, 0.3) is 12.2 Å². The lowest BCUT2D eigenvalue weighted by atomic mass is 10.1. The molecular formula is C17H16O. The molecule has 2 rings (SSSR count). The number of rotatable bonds is 3. The number of ketones is 1. The van der Waals surface area contributed by atoms with Gasteiger partial charge in [-0.05, 0) is 30.5 Å². The maximum Gasteiger partial charge on any atom is 0.159 e. The number of carbonyl (C=O) groups excluding carboxylic acids is 1. The van der Waals surface area contributed by atoms with Crippen LogP contribution in [0, 0.1) is 6.92 Å². The van der Waals surface area contributed by atoms with Crippen molar-refractivity contribution >= 4 is 17.9 Å². The average Bonchev–Trinajstić information content (AvgIpc) is 2.38. The molecule has 0 amide bonds. The van der Waals surface area contributed by atoms with Crippen molar-refractivity contribution in [1.29, 1.82) is 0 Å². The molecule has 2 aromatic carbocycles. The van der Waals surface area contributed by atoms with Crippen molar-refractivity contribution in [3.8, 4) is 0 Å². The smallest absolute Gasteiger partial charge is 0.159 e. The first-order valence-electron chi connectivity index (χ1n) is 6.01. The lowest BCUT2D eigenvalue weighted by molar-refractivity contribution is 0.101. The summed E-state index contributed by atoms with van der Waals surface area (Å²) in [5, 5.41) is 0. The minimum atomic E-state index is 0.101. The van der Waals surface area contributed by atoms with Crippen LogP contribution in [0.5, 0.6) is 0 Å². The quantitative estimate of drug-likeness (QED) is 0.571. The van der Waals surface area contributed by atoms with E-state index in [1.54, 1.807) is 6.92 Å². The molecule has 0 aliphatic carbocycles. The molecule has 1 nitrogen and oxygen atoms in total. The fraction of sp³-hybridized carbons (Fsp3) is 0.118. The highest BCUT2D eigenvalue weighted by Crippen LogP contribution is 2.13. The normalized spacial score (nSPS) is 10.8. The van der Waals surface area contributed by atoms with Gasteiger partial charge in [0.05, 0.1) is 0 Å². The molecule has 1 heteroatoms. The average molecular weight is 236 g/mol. The number of hydrogen-bond donors (Lipinski definition) is 0. The Balaban J connectivity index is 2.19. The first-order valence-corrected chi connectivity index (χ1v) is 6.01. The molecule has 0 aliphatic rings. The second-order valence-corrected chi connectivity index (χ2v) is 4.37. The maximum absolute atomic E-state index is 11.2. The summed E-state index contributed by atoms with van der Waals surface area (Å²) in [6, 6.07) is 15.9. The monoisotopic (exact) mass is 236 g/mol. The van der Waals surface area contributed by atoms with Crippen LogP contribution in [0.3, 0.4) is 0 Å². The van der Waals surface area contributed by atoms with Gasteiger partial charge in [-0.2, -0.15) is 0 Å². The predicted octanol–water partition coefficient (Wildman–Crippen LogP) is 4.37. The Bertz CT molecular complexity index is 577. The van der Waals surface area contributed by atoms with Crippen molar-refractivity contribution in [2.45, 2.75) is 13.8 Å². The van der Waals surface area contributed by atoms with E-state index in [0.29, 0.717) is 0 Å². The van der Waals surface area contributed by atoms with Crippen molar-refractivity contribution in [3.05, 3.63) is 70.8 Å². The van der Waals surface area contributed by atoms with Gasteiger partial charge >= 0.3 is 0 Å². The Morgan fingerprint density at radius 1 is 0.944 bits per heavy atom. The summed E-state index contributed by atoms with van der Waals surface area (Å²) in [7, 11) is 0. The van der Waals surface area contributed by atoms with Gasteiger partial charge in [0.15, 0.2) is 5.78 Å². The fourth-order valence-electron chi connectivity index (χ4n) is 1.79. The van der Waals surface area contributed by atoms with E-state index in [9.17, 15) is 4.79 Å². The minimum absolute atomic E-state index is 0.101. The van der Waals surface area contributed by atoms with Gasteiger partial charge in [-0.25, -0.2) is 0 Å². The molecule has 0 saturated carbocycles. The van der Waals surface area contributed by atoms with Crippen molar-refractivity contribution in [1.82, 2.24) is 0 Å². The molecule has 0 spiro atoms. The molecule has 0 fully saturated rings. The van der Waals surface area contributed by atoms with Gasteiger partial charge in [0.2, 0.25) is 0 Å². The zero-order chi connectivity index (χ0) is 13.0. The third kappa shape index (κ3) is 2.95. The van der Waals surface area contributed by atoms with Gasteiger partial charge in [0.1, 0.15) is 0 Å². The summed E-state index contributed by atoms with van der Waals surface area (Å²) < 4.78 is 0. The first-order chi connectivity index (χ1) is 8.66. The van der Waals surface area contributed by atoms with E-state index in [2.05, 4.69) is 31.2 Å². The Labute approximate surface area is 108 Å². The summed E-state index contributed by atoms with van der Waals surface area (Å²) in [5.74, 6) is 0.101. The third-order valence-corrected chi connectivity index (χ3v) is 2.96. The van der Waals surface area contributed by atoms with Crippen molar-refractivity contribution in [3.63, 3.8) is 0 Å². The van der Waals surface area contributed by atoms with Gasteiger partial charge < -0.3 is 0 Å². The van der Waals surface area contributed by atoms with E-state index >= 15 is 0 Å². The standard InChI is InChI=1S/C17H16O/c1-13-5-3-4-6-16(13)10-7-15-8-11-17(12-9-15)14(2)18/h3-12H,1-2H3/b10-7+. The van der Waals surface area contributed by atoms with Gasteiger partial charge in [0.25, 0.3) is 0 Å². The summed E-state index contributed by atoms with van der Waals surface area (Å²) in [4.78, 5) is 11.2. The molecule has 0 saturated heterocycles. The molecule has 0 N–H and O–H groups in total. The number of Topliss-reactive ketones (excluding diaryl/α,β-unsaturated/α-hetero) is 1. The van der Waals surface area contributed by atoms with Gasteiger partial charge in [-0.3, -0.25) is 4.79 Å². The Morgan fingerprint density at radius 2 is 1.61 bits per heavy atom. The summed E-state index contributed by atoms with van der Waals surface area (Å²) >= 11 is 0. The van der Waals surface area contributed by atoms with E-state index in [0.717, 1.165) is 11.1 Å². The van der Waals surface area contributed by atoms with E-state index in [4.69, 9.17) is 0 Å². The number of benzene rings is 2.